The summed E-state index contributed by atoms with van der Waals surface area (Å²) >= 11 is 0. The monoisotopic (exact) mass is 364 g/mol. The van der Waals surface area contributed by atoms with Gasteiger partial charge in [0.15, 0.2) is 0 Å². The molecule has 1 aromatic carbocycles. The highest BCUT2D eigenvalue weighted by atomic mass is 16.1. The van der Waals surface area contributed by atoms with Crippen LogP contribution in [0.2, 0.25) is 0 Å². The van der Waals surface area contributed by atoms with Gasteiger partial charge in [-0.2, -0.15) is 10.1 Å². The summed E-state index contributed by atoms with van der Waals surface area (Å²) in [5, 5.41) is 7.17. The topological polar surface area (TPSA) is 75.4 Å². The Morgan fingerprint density at radius 2 is 2.04 bits per heavy atom. The van der Waals surface area contributed by atoms with Gasteiger partial charge in [-0.1, -0.05) is 26.0 Å². The van der Waals surface area contributed by atoms with Crippen molar-refractivity contribution in [2.24, 2.45) is 0 Å². The van der Waals surface area contributed by atoms with Crippen molar-refractivity contribution in [3.05, 3.63) is 53.6 Å². The third-order valence-electron chi connectivity index (χ3n) is 4.94. The Balaban J connectivity index is 1.50. The van der Waals surface area contributed by atoms with Crippen LogP contribution in [0.15, 0.2) is 36.7 Å². The van der Waals surface area contributed by atoms with Crippen LogP contribution in [0, 0.1) is 0 Å². The van der Waals surface area contributed by atoms with Crippen molar-refractivity contribution in [1.82, 2.24) is 24.9 Å². The molecule has 140 valence electrons. The fraction of sp³-hybridized carbons (Fsp3) is 0.400. The van der Waals surface area contributed by atoms with Gasteiger partial charge in [-0.25, -0.2) is 9.50 Å². The van der Waals surface area contributed by atoms with Gasteiger partial charge in [-0.3, -0.25) is 4.79 Å². The summed E-state index contributed by atoms with van der Waals surface area (Å²) < 4.78 is 1.68. The van der Waals surface area contributed by atoms with E-state index in [0.29, 0.717) is 18.0 Å². The van der Waals surface area contributed by atoms with Crippen LogP contribution in [0.25, 0.3) is 5.78 Å². The summed E-state index contributed by atoms with van der Waals surface area (Å²) in [6.07, 6.45) is 3.95. The molecule has 3 heterocycles. The van der Waals surface area contributed by atoms with Gasteiger partial charge in [0.2, 0.25) is 0 Å². The molecule has 0 atom stereocenters. The van der Waals surface area contributed by atoms with E-state index in [1.165, 1.54) is 24.9 Å². The number of rotatable bonds is 5. The molecule has 0 bridgehead atoms. The van der Waals surface area contributed by atoms with Crippen molar-refractivity contribution in [2.75, 3.05) is 18.0 Å². The van der Waals surface area contributed by atoms with Gasteiger partial charge < -0.3 is 10.2 Å². The van der Waals surface area contributed by atoms with Crippen LogP contribution in [0.3, 0.4) is 0 Å². The number of nitrogens with zero attached hydrogens (tertiary/aromatic N) is 5. The first-order chi connectivity index (χ1) is 13.1. The molecule has 1 fully saturated rings. The number of carbonyl (C=O) groups is 1. The lowest BCUT2D eigenvalue weighted by molar-refractivity contribution is 0.0946. The number of hydrogen-bond acceptors (Lipinski definition) is 5. The first-order valence-electron chi connectivity index (χ1n) is 9.44. The highest BCUT2D eigenvalue weighted by molar-refractivity contribution is 5.92. The van der Waals surface area contributed by atoms with Crippen molar-refractivity contribution < 1.29 is 4.79 Å². The van der Waals surface area contributed by atoms with Crippen LogP contribution in [0.5, 0.6) is 0 Å². The van der Waals surface area contributed by atoms with Gasteiger partial charge in [-0.05, 0) is 42.5 Å². The standard InChI is InChI=1S/C20H24N6O/c1-14(2)18-11-17(24-20-22-13-23-26(18)20)19(27)21-12-15-6-5-7-16(10-15)25-8-3-4-9-25/h5-7,10-11,13-14H,3-4,8-9,12H2,1-2H3,(H,21,27). The van der Waals surface area contributed by atoms with E-state index in [4.69, 9.17) is 0 Å². The Hall–Kier alpha value is -2.96. The second-order valence-corrected chi connectivity index (χ2v) is 7.24. The summed E-state index contributed by atoms with van der Waals surface area (Å²) in [4.78, 5) is 23.5. The molecule has 7 heteroatoms. The maximum atomic E-state index is 12.7. The zero-order valence-corrected chi connectivity index (χ0v) is 15.7. The zero-order valence-electron chi connectivity index (χ0n) is 15.7. The number of fused-ring (bicyclic) bond motifs is 1. The maximum Gasteiger partial charge on any atom is 0.270 e. The van der Waals surface area contributed by atoms with Gasteiger partial charge in [0.05, 0.1) is 5.69 Å². The summed E-state index contributed by atoms with van der Waals surface area (Å²) in [5.41, 5.74) is 3.60. The predicted octanol–water partition coefficient (Wildman–Crippen LogP) is 2.78. The van der Waals surface area contributed by atoms with Crippen LogP contribution in [-0.4, -0.2) is 38.6 Å². The largest absolute Gasteiger partial charge is 0.372 e. The molecule has 3 aromatic rings. The van der Waals surface area contributed by atoms with Gasteiger partial charge in [0.25, 0.3) is 11.7 Å². The molecule has 0 saturated carbocycles. The zero-order chi connectivity index (χ0) is 18.8. The van der Waals surface area contributed by atoms with Gasteiger partial charge >= 0.3 is 0 Å². The molecule has 4 rings (SSSR count). The van der Waals surface area contributed by atoms with Crippen LogP contribution in [-0.2, 0) is 6.54 Å². The molecule has 0 spiro atoms. The van der Waals surface area contributed by atoms with E-state index in [1.54, 1.807) is 10.6 Å². The average molecular weight is 364 g/mol. The molecule has 7 nitrogen and oxygen atoms in total. The molecule has 0 radical (unpaired) electrons. The molecule has 2 aromatic heterocycles. The normalized spacial score (nSPS) is 14.3. The van der Waals surface area contributed by atoms with Crippen molar-refractivity contribution in [2.45, 2.75) is 39.2 Å². The number of amides is 1. The van der Waals surface area contributed by atoms with Gasteiger partial charge in [0, 0.05) is 25.3 Å². The van der Waals surface area contributed by atoms with Crippen molar-refractivity contribution in [1.29, 1.82) is 0 Å². The minimum atomic E-state index is -0.200. The van der Waals surface area contributed by atoms with Crippen molar-refractivity contribution in [3.8, 4) is 0 Å². The number of hydrogen-bond donors (Lipinski definition) is 1. The van der Waals surface area contributed by atoms with E-state index >= 15 is 0 Å². The molecule has 1 aliphatic rings. The highest BCUT2D eigenvalue weighted by Gasteiger charge is 2.16. The average Bonchev–Trinajstić information content (AvgIpc) is 3.36. The molecule has 0 aliphatic carbocycles. The fourth-order valence-electron chi connectivity index (χ4n) is 3.47. The molecule has 1 saturated heterocycles. The SMILES string of the molecule is CC(C)c1cc(C(=O)NCc2cccc(N3CCCC3)c2)nc2ncnn12. The lowest BCUT2D eigenvalue weighted by Gasteiger charge is -2.18. The smallest absolute Gasteiger partial charge is 0.270 e. The molecule has 1 N–H and O–H groups in total. The Morgan fingerprint density at radius 3 is 2.81 bits per heavy atom. The Kier molecular flexibility index (Phi) is 4.75. The number of nitrogens with one attached hydrogen (secondary N) is 1. The van der Waals surface area contributed by atoms with Crippen LogP contribution in [0.4, 0.5) is 5.69 Å². The predicted molar refractivity (Wildman–Crippen MR) is 104 cm³/mol. The van der Waals surface area contributed by atoms with Crippen molar-refractivity contribution >= 4 is 17.4 Å². The van der Waals surface area contributed by atoms with Crippen LogP contribution < -0.4 is 10.2 Å². The molecule has 27 heavy (non-hydrogen) atoms. The fourth-order valence-corrected chi connectivity index (χ4v) is 3.47. The van der Waals surface area contributed by atoms with E-state index in [1.807, 2.05) is 12.1 Å². The second-order valence-electron chi connectivity index (χ2n) is 7.24. The molecular weight excluding hydrogens is 340 g/mol. The van der Waals surface area contributed by atoms with Gasteiger partial charge in [-0.15, -0.1) is 0 Å². The third kappa shape index (κ3) is 3.63. The summed E-state index contributed by atoms with van der Waals surface area (Å²) in [5.74, 6) is 0.456. The first kappa shape index (κ1) is 17.5. The molecule has 1 amide bonds. The Labute approximate surface area is 158 Å². The number of carbonyl (C=O) groups excluding carboxylic acids is 1. The van der Waals surface area contributed by atoms with E-state index in [9.17, 15) is 4.79 Å². The molecule has 0 unspecified atom stereocenters. The molecular formula is C20H24N6O. The third-order valence-corrected chi connectivity index (χ3v) is 4.94. The minimum absolute atomic E-state index is 0.200. The van der Waals surface area contributed by atoms with Crippen LogP contribution >= 0.6 is 0 Å². The van der Waals surface area contributed by atoms with E-state index in [0.717, 1.165) is 24.3 Å². The van der Waals surface area contributed by atoms with E-state index in [-0.39, 0.29) is 11.8 Å². The Bertz CT molecular complexity index is 958. The maximum absolute atomic E-state index is 12.7. The summed E-state index contributed by atoms with van der Waals surface area (Å²) in [7, 11) is 0. The Morgan fingerprint density at radius 1 is 1.22 bits per heavy atom. The second kappa shape index (κ2) is 7.34. The number of benzene rings is 1. The summed E-state index contributed by atoms with van der Waals surface area (Å²) in [6.45, 7) is 6.80. The van der Waals surface area contributed by atoms with Crippen molar-refractivity contribution in [3.63, 3.8) is 0 Å². The van der Waals surface area contributed by atoms with E-state index in [2.05, 4.69) is 51.3 Å². The summed E-state index contributed by atoms with van der Waals surface area (Å²) in [6, 6.07) is 10.2. The molecule has 1 aliphatic heterocycles. The van der Waals surface area contributed by atoms with Crippen LogP contribution in [0.1, 0.15) is 54.4 Å². The number of aromatic nitrogens is 4. The lowest BCUT2D eigenvalue weighted by atomic mass is 10.1. The quantitative estimate of drug-likeness (QED) is 0.753. The highest BCUT2D eigenvalue weighted by Crippen LogP contribution is 2.21. The van der Waals surface area contributed by atoms with Gasteiger partial charge in [0.1, 0.15) is 12.0 Å². The minimum Gasteiger partial charge on any atom is -0.372 e. The first-order valence-corrected chi connectivity index (χ1v) is 9.44. The number of anilines is 1. The van der Waals surface area contributed by atoms with E-state index < -0.39 is 0 Å². The lowest BCUT2D eigenvalue weighted by Crippen LogP contribution is -2.25.